The van der Waals surface area contributed by atoms with Crippen molar-refractivity contribution in [3.8, 4) is 0 Å². The van der Waals surface area contributed by atoms with Gasteiger partial charge in [-0.05, 0) is 42.5 Å². The molecule has 1 aliphatic rings. The molecule has 2 amide bonds. The van der Waals surface area contributed by atoms with Gasteiger partial charge in [-0.3, -0.25) is 14.4 Å². The summed E-state index contributed by atoms with van der Waals surface area (Å²) in [6.45, 7) is 7.00. The Morgan fingerprint density at radius 3 is 2.43 bits per heavy atom. The molecule has 3 rings (SSSR count). The first-order valence-electron chi connectivity index (χ1n) is 12.4. The second-order valence-corrected chi connectivity index (χ2v) is 11.5. The van der Waals surface area contributed by atoms with Crippen LogP contribution in [-0.2, 0) is 14.4 Å². The molecular formula is C28H34Cl2N2O5. The van der Waals surface area contributed by atoms with Crippen LogP contribution in [0, 0.1) is 11.3 Å². The average Bonchev–Trinajstić information content (AvgIpc) is 2.85. The topological polar surface area (TPSA) is 98.2 Å². The van der Waals surface area contributed by atoms with Gasteiger partial charge in [-0.2, -0.15) is 0 Å². The maximum atomic E-state index is 13.6. The highest BCUT2D eigenvalue weighted by Crippen LogP contribution is 2.37. The molecule has 1 fully saturated rings. The Morgan fingerprint density at radius 1 is 1.08 bits per heavy atom. The third-order valence-electron chi connectivity index (χ3n) is 6.38. The quantitative estimate of drug-likeness (QED) is 0.450. The van der Waals surface area contributed by atoms with Crippen molar-refractivity contribution >= 4 is 46.7 Å². The zero-order chi connectivity index (χ0) is 27.3. The Hall–Kier alpha value is -2.61. The number of carbonyl (C=O) groups is 3. The monoisotopic (exact) mass is 548 g/mol. The second-order valence-electron chi connectivity index (χ2n) is 10.7. The Kier molecular flexibility index (Phi) is 9.62. The van der Waals surface area contributed by atoms with Crippen LogP contribution in [0.5, 0.6) is 0 Å². The van der Waals surface area contributed by atoms with E-state index in [0.717, 1.165) is 0 Å². The Morgan fingerprint density at radius 2 is 1.78 bits per heavy atom. The first-order chi connectivity index (χ1) is 17.4. The van der Waals surface area contributed by atoms with Crippen molar-refractivity contribution in [2.75, 3.05) is 24.5 Å². The van der Waals surface area contributed by atoms with Crippen LogP contribution in [0.25, 0.3) is 0 Å². The lowest BCUT2D eigenvalue weighted by atomic mass is 9.93. The molecule has 2 aromatic carbocycles. The maximum absolute atomic E-state index is 13.6. The normalized spacial score (nSPS) is 16.8. The van der Waals surface area contributed by atoms with Gasteiger partial charge >= 0.3 is 5.97 Å². The van der Waals surface area contributed by atoms with Crippen molar-refractivity contribution in [3.63, 3.8) is 0 Å². The van der Waals surface area contributed by atoms with Gasteiger partial charge in [0.1, 0.15) is 6.10 Å². The van der Waals surface area contributed by atoms with Gasteiger partial charge in [0, 0.05) is 59.3 Å². The molecule has 0 spiro atoms. The number of amides is 2. The summed E-state index contributed by atoms with van der Waals surface area (Å²) in [5, 5.41) is 21.4. The number of carboxylic acid groups (broad SMARTS) is 1. The number of likely N-dealkylation sites (tertiary alicyclic amines) is 1. The number of benzene rings is 2. The number of aliphatic hydroxyl groups excluding tert-OH is 1. The summed E-state index contributed by atoms with van der Waals surface area (Å²) in [4.78, 5) is 40.9. The standard InChI is InChI=1S/C28H34Cl2N2O5/c1-28(2,3)17-32(25(34)13-12-24(33)31-14-6-7-18(16-31)27(36)37)23-11-10-19(29)15-21(23)26(35)20-8-4-5-9-22(20)30/h4-5,8-11,15,18,26,35H,6-7,12-14,16-17H2,1-3H3,(H,36,37)/t18-,26-/m1/s1. The third kappa shape index (κ3) is 7.69. The number of rotatable bonds is 8. The van der Waals surface area contributed by atoms with Gasteiger partial charge in [0.25, 0.3) is 0 Å². The lowest BCUT2D eigenvalue weighted by molar-refractivity contribution is -0.146. The van der Waals surface area contributed by atoms with E-state index < -0.39 is 18.0 Å². The fourth-order valence-electron chi connectivity index (χ4n) is 4.55. The lowest BCUT2D eigenvalue weighted by Gasteiger charge is -2.33. The number of nitrogens with zero attached hydrogens (tertiary/aromatic N) is 2. The van der Waals surface area contributed by atoms with Crippen LogP contribution < -0.4 is 4.90 Å². The first kappa shape index (κ1) is 29.0. The largest absolute Gasteiger partial charge is 0.481 e. The Labute approximate surface area is 228 Å². The molecule has 0 unspecified atom stereocenters. The summed E-state index contributed by atoms with van der Waals surface area (Å²) in [7, 11) is 0. The summed E-state index contributed by atoms with van der Waals surface area (Å²) >= 11 is 12.6. The van der Waals surface area contributed by atoms with Crippen LogP contribution in [0.2, 0.25) is 10.0 Å². The van der Waals surface area contributed by atoms with Crippen molar-refractivity contribution in [2.45, 2.75) is 52.6 Å². The van der Waals surface area contributed by atoms with Crippen LogP contribution >= 0.6 is 23.2 Å². The number of carboxylic acids is 1. The highest BCUT2D eigenvalue weighted by molar-refractivity contribution is 6.31. The van der Waals surface area contributed by atoms with Crippen molar-refractivity contribution in [2.24, 2.45) is 11.3 Å². The lowest BCUT2D eigenvalue weighted by Crippen LogP contribution is -2.43. The molecule has 1 saturated heterocycles. The Balaban J connectivity index is 1.86. The number of carbonyl (C=O) groups excluding carboxylic acids is 2. The summed E-state index contributed by atoms with van der Waals surface area (Å²) in [6, 6.07) is 11.9. The zero-order valence-electron chi connectivity index (χ0n) is 21.4. The minimum atomic E-state index is -1.12. The molecule has 1 aliphatic heterocycles. The summed E-state index contributed by atoms with van der Waals surface area (Å²) in [6.07, 6.45) is -0.0266. The molecule has 2 aromatic rings. The predicted molar refractivity (Wildman–Crippen MR) is 145 cm³/mol. The summed E-state index contributed by atoms with van der Waals surface area (Å²) < 4.78 is 0. The number of aliphatic hydroxyl groups is 1. The van der Waals surface area contributed by atoms with E-state index in [1.165, 1.54) is 0 Å². The highest BCUT2D eigenvalue weighted by atomic mass is 35.5. The van der Waals surface area contributed by atoms with Gasteiger partial charge in [0.2, 0.25) is 11.8 Å². The van der Waals surface area contributed by atoms with E-state index in [2.05, 4.69) is 0 Å². The fraction of sp³-hybridized carbons (Fsp3) is 0.464. The number of aliphatic carboxylic acids is 1. The van der Waals surface area contributed by atoms with Crippen LogP contribution in [0.1, 0.15) is 63.7 Å². The van der Waals surface area contributed by atoms with Gasteiger partial charge in [-0.25, -0.2) is 0 Å². The molecule has 9 heteroatoms. The van der Waals surface area contributed by atoms with E-state index >= 15 is 0 Å². The van der Waals surface area contributed by atoms with Gasteiger partial charge in [-0.15, -0.1) is 0 Å². The van der Waals surface area contributed by atoms with Gasteiger partial charge in [0.05, 0.1) is 5.92 Å². The smallest absolute Gasteiger partial charge is 0.308 e. The molecule has 0 radical (unpaired) electrons. The van der Waals surface area contributed by atoms with E-state index in [1.807, 2.05) is 20.8 Å². The molecule has 2 N–H and O–H groups in total. The number of hydrogen-bond acceptors (Lipinski definition) is 4. The minimum Gasteiger partial charge on any atom is -0.481 e. The zero-order valence-corrected chi connectivity index (χ0v) is 22.9. The van der Waals surface area contributed by atoms with Crippen LogP contribution in [0.3, 0.4) is 0 Å². The molecule has 0 bridgehead atoms. The number of anilines is 1. The fourth-order valence-corrected chi connectivity index (χ4v) is 4.97. The number of hydrogen-bond donors (Lipinski definition) is 2. The Bertz CT molecular complexity index is 1150. The summed E-state index contributed by atoms with van der Waals surface area (Å²) in [5.74, 6) is -1.99. The average molecular weight is 549 g/mol. The van der Waals surface area contributed by atoms with Gasteiger partial charge in [-0.1, -0.05) is 62.2 Å². The highest BCUT2D eigenvalue weighted by Gasteiger charge is 2.30. The van der Waals surface area contributed by atoms with Crippen molar-refractivity contribution in [1.29, 1.82) is 0 Å². The van der Waals surface area contributed by atoms with Crippen LogP contribution in [0.15, 0.2) is 42.5 Å². The van der Waals surface area contributed by atoms with Gasteiger partial charge < -0.3 is 20.0 Å². The van der Waals surface area contributed by atoms with Gasteiger partial charge in [0.15, 0.2) is 0 Å². The first-order valence-corrected chi connectivity index (χ1v) is 13.2. The van der Waals surface area contributed by atoms with Crippen LogP contribution in [-0.4, -0.2) is 52.5 Å². The SMILES string of the molecule is CC(C)(C)CN(C(=O)CCC(=O)N1CCC[C@@H](C(=O)O)C1)c1ccc(Cl)cc1[C@H](O)c1ccccc1Cl. The van der Waals surface area contributed by atoms with E-state index in [4.69, 9.17) is 23.2 Å². The van der Waals surface area contributed by atoms with E-state index in [9.17, 15) is 24.6 Å². The molecular weight excluding hydrogens is 515 g/mol. The van der Waals surface area contributed by atoms with Crippen LogP contribution in [0.4, 0.5) is 5.69 Å². The molecule has 2 atom stereocenters. The molecule has 37 heavy (non-hydrogen) atoms. The van der Waals surface area contributed by atoms with E-state index in [1.54, 1.807) is 52.3 Å². The molecule has 200 valence electrons. The number of halogens is 2. The maximum Gasteiger partial charge on any atom is 0.308 e. The minimum absolute atomic E-state index is 0.0260. The predicted octanol–water partition coefficient (Wildman–Crippen LogP) is 5.56. The van der Waals surface area contributed by atoms with Crippen molar-refractivity contribution in [1.82, 2.24) is 4.90 Å². The number of piperidine rings is 1. The van der Waals surface area contributed by atoms with Crippen molar-refractivity contribution in [3.05, 3.63) is 63.6 Å². The van der Waals surface area contributed by atoms with E-state index in [0.29, 0.717) is 52.8 Å². The second kappa shape index (κ2) is 12.3. The molecule has 0 aromatic heterocycles. The van der Waals surface area contributed by atoms with E-state index in [-0.39, 0.29) is 36.6 Å². The third-order valence-corrected chi connectivity index (χ3v) is 6.96. The molecule has 0 saturated carbocycles. The molecule has 1 heterocycles. The van der Waals surface area contributed by atoms with Crippen molar-refractivity contribution < 1.29 is 24.6 Å². The molecule has 7 nitrogen and oxygen atoms in total. The summed E-state index contributed by atoms with van der Waals surface area (Å²) in [5.41, 5.74) is 1.13. The molecule has 0 aliphatic carbocycles.